The summed E-state index contributed by atoms with van der Waals surface area (Å²) in [6.45, 7) is -5.92. The van der Waals surface area contributed by atoms with Crippen LogP contribution in [-0.2, 0) is 6.42 Å². The quantitative estimate of drug-likeness (QED) is 0.691. The van der Waals surface area contributed by atoms with E-state index in [0.717, 1.165) is 0 Å². The molecule has 0 bridgehead atoms. The van der Waals surface area contributed by atoms with Gasteiger partial charge in [-0.25, -0.2) is 0 Å². The molecule has 1 atom stereocenters. The molecule has 0 aliphatic rings. The van der Waals surface area contributed by atoms with E-state index in [4.69, 9.17) is 8.22 Å². The number of likely N-dealkylation sites (N-methyl/N-ethyl adjacent to an activating group) is 1. The SMILES string of the molecule is [2H]C([2H])([2H])N(C(O)Cc1c[nH]c2ccc(O)cc12)C([2H])([2H])[2H]. The van der Waals surface area contributed by atoms with Crippen molar-refractivity contribution >= 4 is 10.9 Å². The zero-order valence-electron chi connectivity index (χ0n) is 14.4. The van der Waals surface area contributed by atoms with Gasteiger partial charge >= 0.3 is 0 Å². The Kier molecular flexibility index (Phi) is 1.48. The van der Waals surface area contributed by atoms with E-state index in [1.807, 2.05) is 0 Å². The van der Waals surface area contributed by atoms with Crippen LogP contribution in [0.25, 0.3) is 10.9 Å². The van der Waals surface area contributed by atoms with Crippen molar-refractivity contribution in [3.05, 3.63) is 30.0 Å². The van der Waals surface area contributed by atoms with Crippen LogP contribution in [0.15, 0.2) is 24.4 Å². The third kappa shape index (κ3) is 2.03. The molecule has 16 heavy (non-hydrogen) atoms. The Morgan fingerprint density at radius 3 is 3.06 bits per heavy atom. The molecule has 0 radical (unpaired) electrons. The van der Waals surface area contributed by atoms with Gasteiger partial charge in [-0.2, -0.15) is 0 Å². The van der Waals surface area contributed by atoms with E-state index >= 15 is 0 Å². The Morgan fingerprint density at radius 2 is 2.31 bits per heavy atom. The molecule has 4 nitrogen and oxygen atoms in total. The van der Waals surface area contributed by atoms with Gasteiger partial charge in [-0.15, -0.1) is 0 Å². The van der Waals surface area contributed by atoms with Gasteiger partial charge in [0.1, 0.15) is 12.0 Å². The second kappa shape index (κ2) is 4.15. The molecule has 0 spiro atoms. The third-order valence-corrected chi connectivity index (χ3v) is 2.45. The molecular formula is C12H16N2O2. The highest BCUT2D eigenvalue weighted by atomic mass is 16.3. The zero-order valence-corrected chi connectivity index (χ0v) is 8.44. The maximum atomic E-state index is 10.1. The summed E-state index contributed by atoms with van der Waals surface area (Å²) in [7, 11) is 0. The fourth-order valence-corrected chi connectivity index (χ4v) is 1.62. The predicted octanol–water partition coefficient (Wildman–Crippen LogP) is 1.30. The van der Waals surface area contributed by atoms with Gasteiger partial charge in [-0.3, -0.25) is 4.90 Å². The van der Waals surface area contributed by atoms with Gasteiger partial charge in [0.05, 0.1) is 0 Å². The number of nitrogens with one attached hydrogen (secondary N) is 1. The van der Waals surface area contributed by atoms with Crippen molar-refractivity contribution in [2.75, 3.05) is 14.0 Å². The highest BCUT2D eigenvalue weighted by Crippen LogP contribution is 2.23. The smallest absolute Gasteiger partial charge is 0.116 e. The van der Waals surface area contributed by atoms with Crippen molar-refractivity contribution < 1.29 is 18.4 Å². The maximum absolute atomic E-state index is 10.1. The number of aromatic hydroxyl groups is 1. The first-order valence-electron chi connectivity index (χ1n) is 7.76. The number of H-pyrrole nitrogens is 1. The molecule has 0 aliphatic heterocycles. The van der Waals surface area contributed by atoms with Gasteiger partial charge in [0.25, 0.3) is 0 Å². The Hall–Kier alpha value is -1.52. The molecule has 86 valence electrons. The molecule has 1 unspecified atom stereocenters. The lowest BCUT2D eigenvalue weighted by molar-refractivity contribution is 0.0415. The van der Waals surface area contributed by atoms with E-state index in [1.165, 1.54) is 12.1 Å². The summed E-state index contributed by atoms with van der Waals surface area (Å²) in [6, 6.07) is 4.57. The number of nitrogens with zero attached hydrogens (tertiary/aromatic N) is 1. The average molecular weight is 226 g/mol. The molecule has 0 saturated heterocycles. The van der Waals surface area contributed by atoms with Gasteiger partial charge < -0.3 is 15.2 Å². The monoisotopic (exact) mass is 226 g/mol. The van der Waals surface area contributed by atoms with Crippen LogP contribution in [0, 0.1) is 0 Å². The lowest BCUT2D eigenvalue weighted by Crippen LogP contribution is -2.29. The minimum Gasteiger partial charge on any atom is -0.508 e. The van der Waals surface area contributed by atoms with Gasteiger partial charge in [-0.1, -0.05) is 0 Å². The second-order valence-electron chi connectivity index (χ2n) is 3.60. The number of phenolic OH excluding ortho intramolecular Hbond substituents is 1. The number of aliphatic hydroxyl groups is 1. The molecule has 0 amide bonds. The second-order valence-corrected chi connectivity index (χ2v) is 3.60. The summed E-state index contributed by atoms with van der Waals surface area (Å²) in [5.41, 5.74) is 1.20. The summed E-state index contributed by atoms with van der Waals surface area (Å²) < 4.78 is 43.8. The number of hydrogen-bond donors (Lipinski definition) is 3. The number of benzene rings is 1. The number of aliphatic hydroxyl groups excluding tert-OH is 1. The zero-order chi connectivity index (χ0) is 16.7. The van der Waals surface area contributed by atoms with Crippen LogP contribution in [0.4, 0.5) is 0 Å². The molecule has 0 aliphatic carbocycles. The summed E-state index contributed by atoms with van der Waals surface area (Å²) in [5.74, 6) is 0.0198. The van der Waals surface area contributed by atoms with Crippen molar-refractivity contribution in [3.63, 3.8) is 0 Å². The van der Waals surface area contributed by atoms with E-state index in [9.17, 15) is 10.2 Å². The number of phenols is 1. The van der Waals surface area contributed by atoms with E-state index in [2.05, 4.69) is 4.98 Å². The first kappa shape index (κ1) is 5.70. The Bertz CT molecular complexity index is 650. The normalized spacial score (nSPS) is 20.6. The predicted molar refractivity (Wildman–Crippen MR) is 63.4 cm³/mol. The van der Waals surface area contributed by atoms with Crippen LogP contribution >= 0.6 is 0 Å². The molecule has 4 heteroatoms. The summed E-state index contributed by atoms with van der Waals surface area (Å²) in [6.07, 6.45) is -0.383. The van der Waals surface area contributed by atoms with Crippen LogP contribution in [0.2, 0.25) is 0 Å². The summed E-state index contributed by atoms with van der Waals surface area (Å²) in [5, 5.41) is 20.2. The first-order valence-corrected chi connectivity index (χ1v) is 4.76. The van der Waals surface area contributed by atoms with Crippen molar-refractivity contribution in [2.24, 2.45) is 0 Å². The highest BCUT2D eigenvalue weighted by molar-refractivity contribution is 5.84. The highest BCUT2D eigenvalue weighted by Gasteiger charge is 2.11. The number of hydrogen-bond acceptors (Lipinski definition) is 3. The number of fused-ring (bicyclic) bond motifs is 1. The van der Waals surface area contributed by atoms with Crippen molar-refractivity contribution in [3.8, 4) is 5.75 Å². The molecule has 3 N–H and O–H groups in total. The van der Waals surface area contributed by atoms with Gasteiger partial charge in [-0.05, 0) is 37.7 Å². The van der Waals surface area contributed by atoms with Crippen LogP contribution in [0.1, 0.15) is 13.8 Å². The third-order valence-electron chi connectivity index (χ3n) is 2.45. The van der Waals surface area contributed by atoms with Crippen LogP contribution in [-0.4, -0.2) is 40.3 Å². The van der Waals surface area contributed by atoms with Crippen molar-refractivity contribution in [2.45, 2.75) is 12.6 Å². The van der Waals surface area contributed by atoms with Gasteiger partial charge in [0.2, 0.25) is 0 Å². The molecule has 2 aromatic rings. The molecule has 2 rings (SSSR count). The lowest BCUT2D eigenvalue weighted by atomic mass is 10.1. The minimum absolute atomic E-state index is 0.0198. The largest absolute Gasteiger partial charge is 0.508 e. The van der Waals surface area contributed by atoms with Crippen molar-refractivity contribution in [1.29, 1.82) is 0 Å². The summed E-state index contributed by atoms with van der Waals surface area (Å²) >= 11 is 0. The van der Waals surface area contributed by atoms with Crippen LogP contribution in [0.5, 0.6) is 5.75 Å². The standard InChI is InChI=1S/C12H16N2O2/c1-14(2)12(16)5-8-7-13-11-4-3-9(15)6-10(8)11/h3-4,6-7,12-13,15-16H,5H2,1-2H3/i1D3,2D3. The molecule has 1 aromatic carbocycles. The fraction of sp³-hybridized carbons (Fsp3) is 0.333. The van der Waals surface area contributed by atoms with E-state index < -0.39 is 20.2 Å². The van der Waals surface area contributed by atoms with E-state index in [1.54, 1.807) is 12.3 Å². The maximum Gasteiger partial charge on any atom is 0.116 e. The molecular weight excluding hydrogens is 204 g/mol. The van der Waals surface area contributed by atoms with Crippen molar-refractivity contribution in [1.82, 2.24) is 9.88 Å². The Labute approximate surface area is 103 Å². The Balaban J connectivity index is 2.33. The molecule has 1 aromatic heterocycles. The fourth-order valence-electron chi connectivity index (χ4n) is 1.62. The average Bonchev–Trinajstić information content (AvgIpc) is 2.67. The number of rotatable bonds is 3. The summed E-state index contributed by atoms with van der Waals surface area (Å²) in [4.78, 5) is 3.04. The van der Waals surface area contributed by atoms with Crippen LogP contribution < -0.4 is 0 Å². The lowest BCUT2D eigenvalue weighted by Gasteiger charge is -2.17. The Morgan fingerprint density at radius 1 is 1.50 bits per heavy atom. The number of aromatic nitrogens is 1. The molecule has 1 heterocycles. The molecule has 0 saturated carbocycles. The van der Waals surface area contributed by atoms with Gasteiger partial charge in [0, 0.05) is 31.7 Å². The van der Waals surface area contributed by atoms with Crippen LogP contribution in [0.3, 0.4) is 0 Å². The first-order chi connectivity index (χ1) is 10.00. The number of aromatic amines is 1. The van der Waals surface area contributed by atoms with Gasteiger partial charge in [0.15, 0.2) is 0 Å². The van der Waals surface area contributed by atoms with E-state index in [-0.39, 0.29) is 17.1 Å². The minimum atomic E-state index is -2.96. The topological polar surface area (TPSA) is 59.5 Å². The molecule has 0 fully saturated rings. The van der Waals surface area contributed by atoms with E-state index in [0.29, 0.717) is 16.5 Å².